The van der Waals surface area contributed by atoms with Crippen LogP contribution in [0.15, 0.2) is 49.1 Å². The van der Waals surface area contributed by atoms with E-state index in [2.05, 4.69) is 58.2 Å². The van der Waals surface area contributed by atoms with Crippen molar-refractivity contribution in [2.24, 2.45) is 13.0 Å². The monoisotopic (exact) mass is 549 g/mol. The van der Waals surface area contributed by atoms with E-state index in [0.29, 0.717) is 0 Å². The Bertz CT molecular complexity index is 640. The Morgan fingerprint density at radius 1 is 0.724 bits per heavy atom. The summed E-state index contributed by atoms with van der Waals surface area (Å²) >= 11 is 0. The Labute approximate surface area is 206 Å². The smallest absolute Gasteiger partial charge is 0.169 e. The topological polar surface area (TPSA) is 7.76 Å². The Balaban J connectivity index is 0.000000527. The molecule has 0 bridgehead atoms. The minimum atomic E-state index is 0. The Morgan fingerprint density at radius 3 is 1.72 bits per heavy atom. The number of hydrogen-bond acceptors (Lipinski definition) is 0. The average Bonchev–Trinajstić information content (AvgIpc) is 3.43. The van der Waals surface area contributed by atoms with Crippen molar-refractivity contribution in [1.82, 2.24) is 0 Å². The summed E-state index contributed by atoms with van der Waals surface area (Å²) in [6.07, 6.45) is 26.2. The van der Waals surface area contributed by atoms with E-state index in [0.717, 1.165) is 12.5 Å². The summed E-state index contributed by atoms with van der Waals surface area (Å²) < 4.78 is 4.39. The largest absolute Gasteiger partial charge is 1.00 e. The molecule has 2 fully saturated rings. The van der Waals surface area contributed by atoms with E-state index in [4.69, 9.17) is 0 Å². The fraction of sp³-hybridized carbons (Fsp3) is 0.600. The summed E-state index contributed by atoms with van der Waals surface area (Å²) in [5.74, 6) is 1.03. The van der Waals surface area contributed by atoms with E-state index in [1.165, 1.54) is 88.2 Å². The first kappa shape index (κ1) is 26.6. The maximum absolute atomic E-state index is 2.32. The summed E-state index contributed by atoms with van der Waals surface area (Å²) in [4.78, 5) is 0. The second-order valence-electron chi connectivity index (χ2n) is 8.49. The summed E-state index contributed by atoms with van der Waals surface area (Å²) in [7, 11) is 2.05. The molecule has 0 amide bonds. The normalized spacial score (nSPS) is 15.8. The fourth-order valence-electron chi connectivity index (χ4n) is 4.40. The summed E-state index contributed by atoms with van der Waals surface area (Å²) in [6, 6.07) is 8.79. The molecule has 0 atom stereocenters. The predicted molar refractivity (Wildman–Crippen MR) is 112 cm³/mol. The Hall–Kier alpha value is -0.451. The van der Waals surface area contributed by atoms with Gasteiger partial charge in [0.25, 0.3) is 0 Å². The van der Waals surface area contributed by atoms with Gasteiger partial charge in [-0.2, -0.15) is 0 Å². The van der Waals surface area contributed by atoms with Crippen LogP contribution in [0.3, 0.4) is 0 Å². The van der Waals surface area contributed by atoms with Gasteiger partial charge >= 0.3 is 0 Å². The molecule has 0 radical (unpaired) electrons. The van der Waals surface area contributed by atoms with Crippen LogP contribution in [-0.4, -0.2) is 0 Å². The van der Waals surface area contributed by atoms with Gasteiger partial charge in [-0.1, -0.05) is 64.2 Å². The van der Waals surface area contributed by atoms with E-state index in [9.17, 15) is 0 Å². The number of unbranched alkanes of at least 4 members (excludes halogenated alkanes) is 1. The zero-order valence-electron chi connectivity index (χ0n) is 18.0. The van der Waals surface area contributed by atoms with Crippen molar-refractivity contribution in [2.75, 3.05) is 0 Å². The van der Waals surface area contributed by atoms with Crippen LogP contribution in [0.25, 0.3) is 11.1 Å². The average molecular weight is 549 g/mol. The number of halogens is 1. The van der Waals surface area contributed by atoms with Crippen LogP contribution >= 0.6 is 0 Å². The first-order valence-corrected chi connectivity index (χ1v) is 11.3. The van der Waals surface area contributed by atoms with Gasteiger partial charge in [0.1, 0.15) is 13.6 Å². The molecule has 0 aliphatic heterocycles. The van der Waals surface area contributed by atoms with Crippen molar-refractivity contribution >= 4 is 0 Å². The molecule has 4 heteroatoms. The van der Waals surface area contributed by atoms with Gasteiger partial charge in [0.15, 0.2) is 24.8 Å². The van der Waals surface area contributed by atoms with Crippen molar-refractivity contribution < 1.29 is 50.2 Å². The molecule has 162 valence electrons. The zero-order chi connectivity index (χ0) is 18.7. The minimum absolute atomic E-state index is 0. The quantitative estimate of drug-likeness (QED) is 0.227. The first-order chi connectivity index (χ1) is 13.3. The van der Waals surface area contributed by atoms with Gasteiger partial charge in [-0.15, -0.1) is 0 Å². The van der Waals surface area contributed by atoms with Crippen LogP contribution in [-0.2, 0) is 30.7 Å². The van der Waals surface area contributed by atoms with Crippen LogP contribution < -0.4 is 33.1 Å². The van der Waals surface area contributed by atoms with Gasteiger partial charge in [0, 0.05) is 47.8 Å². The van der Waals surface area contributed by atoms with Crippen LogP contribution in [0.4, 0.5) is 0 Å². The molecule has 2 heterocycles. The molecule has 0 saturated heterocycles. The number of rotatable bonds is 6. The van der Waals surface area contributed by atoms with Crippen molar-refractivity contribution in [3.8, 4) is 11.1 Å². The molecule has 2 nitrogen and oxygen atoms in total. The van der Waals surface area contributed by atoms with Crippen LogP contribution in [0.5, 0.6) is 0 Å². The Kier molecular flexibility index (Phi) is 14.1. The Morgan fingerprint density at radius 2 is 1.21 bits per heavy atom. The molecule has 2 aliphatic carbocycles. The minimum Gasteiger partial charge on any atom is -1.00 e. The van der Waals surface area contributed by atoms with Crippen LogP contribution in [0, 0.1) is 5.92 Å². The van der Waals surface area contributed by atoms with E-state index >= 15 is 0 Å². The van der Waals surface area contributed by atoms with Crippen molar-refractivity contribution in [1.29, 1.82) is 0 Å². The number of aryl methyl sites for hydroxylation is 2. The van der Waals surface area contributed by atoms with E-state index < -0.39 is 0 Å². The molecular formula is C25H38FeIN2+. The number of aromatic nitrogens is 2. The van der Waals surface area contributed by atoms with Gasteiger partial charge in [-0.05, 0) is 23.5 Å². The van der Waals surface area contributed by atoms with Crippen molar-refractivity contribution in [3.05, 3.63) is 49.1 Å². The molecule has 2 aromatic rings. The standard InChI is InChI=1S/C20H28N2.C5H10.Fe.HI/c1-21-14-9-19(10-15-21)20-11-16-22(17-12-20)13-5-4-8-18-6-2-3-7-18;1-2-4-5-3-1;;/h9-12,14-18H,2-8,13H2,1H3;1-5H2;;1H/q+2;;;/p-1. The third-order valence-electron chi connectivity index (χ3n) is 6.21. The zero-order valence-corrected chi connectivity index (χ0v) is 21.3. The summed E-state index contributed by atoms with van der Waals surface area (Å²) in [5.41, 5.74) is 2.58. The van der Waals surface area contributed by atoms with Gasteiger partial charge < -0.3 is 24.0 Å². The predicted octanol–water partition coefficient (Wildman–Crippen LogP) is 2.78. The van der Waals surface area contributed by atoms with Crippen molar-refractivity contribution in [3.63, 3.8) is 0 Å². The second kappa shape index (κ2) is 15.4. The van der Waals surface area contributed by atoms with Gasteiger partial charge in [-0.25, -0.2) is 9.13 Å². The second-order valence-corrected chi connectivity index (χ2v) is 8.49. The van der Waals surface area contributed by atoms with Crippen LogP contribution in [0.1, 0.15) is 77.0 Å². The molecule has 0 unspecified atom stereocenters. The summed E-state index contributed by atoms with van der Waals surface area (Å²) in [5, 5.41) is 0. The molecular weight excluding hydrogens is 511 g/mol. The third-order valence-corrected chi connectivity index (χ3v) is 6.21. The molecule has 2 aliphatic rings. The molecule has 0 spiro atoms. The molecule has 4 rings (SSSR count). The van der Waals surface area contributed by atoms with Crippen LogP contribution in [0.2, 0.25) is 0 Å². The molecule has 0 aromatic carbocycles. The third kappa shape index (κ3) is 9.93. The molecule has 29 heavy (non-hydrogen) atoms. The van der Waals surface area contributed by atoms with Gasteiger partial charge in [0.05, 0.1) is 0 Å². The summed E-state index contributed by atoms with van der Waals surface area (Å²) in [6.45, 7) is 1.15. The van der Waals surface area contributed by atoms with Gasteiger partial charge in [0.2, 0.25) is 0 Å². The fourth-order valence-corrected chi connectivity index (χ4v) is 4.40. The molecule has 2 aromatic heterocycles. The van der Waals surface area contributed by atoms with E-state index in [-0.39, 0.29) is 41.0 Å². The maximum atomic E-state index is 2.32. The van der Waals surface area contributed by atoms with Crippen molar-refractivity contribution in [2.45, 2.75) is 83.6 Å². The first-order valence-electron chi connectivity index (χ1n) is 11.3. The number of nitrogens with zero attached hydrogens (tertiary/aromatic N) is 2. The van der Waals surface area contributed by atoms with E-state index in [1.54, 1.807) is 0 Å². The van der Waals surface area contributed by atoms with E-state index in [1.807, 2.05) is 7.05 Å². The number of pyridine rings is 2. The SMILES string of the molecule is C1CCCC1.C[n+]1ccc(-c2cc[n+](CCCCC3CCCC3)cc2)cc1.[Fe].[I-]. The van der Waals surface area contributed by atoms with Gasteiger partial charge in [-0.3, -0.25) is 0 Å². The number of hydrogen-bond donors (Lipinski definition) is 0. The molecule has 0 N–H and O–H groups in total. The molecule has 2 saturated carbocycles. The maximum Gasteiger partial charge on any atom is 0.169 e.